The number of nitrogens with one attached hydrogen (secondary N) is 1. The first-order valence-electron chi connectivity index (χ1n) is 8.02. The Hall–Kier alpha value is -3.32. The fraction of sp³-hybridized carbons (Fsp3) is 0.0526. The summed E-state index contributed by atoms with van der Waals surface area (Å²) in [4.78, 5) is 12.9. The van der Waals surface area contributed by atoms with Crippen LogP contribution in [-0.4, -0.2) is 25.7 Å². The van der Waals surface area contributed by atoms with Crippen LogP contribution in [-0.2, 0) is 4.79 Å². The number of hydrogen-bond donors (Lipinski definition) is 1. The minimum absolute atomic E-state index is 0.181. The molecule has 7 heteroatoms. The number of carbonyl (C=O) groups is 1. The maximum absolute atomic E-state index is 12.1. The zero-order valence-corrected chi connectivity index (χ0v) is 14.8. The lowest BCUT2D eigenvalue weighted by atomic mass is 10.2. The molecule has 2 aromatic heterocycles. The molecule has 0 aliphatic rings. The number of anilines is 1. The number of carbonyl (C=O) groups excluding carboxylic acids is 1. The van der Waals surface area contributed by atoms with Crippen molar-refractivity contribution in [1.82, 2.24) is 19.8 Å². The second-order valence-electron chi connectivity index (χ2n) is 5.66. The van der Waals surface area contributed by atoms with Gasteiger partial charge in [0, 0.05) is 17.3 Å². The molecule has 0 unspecified atom stereocenters. The first-order chi connectivity index (χ1) is 12.7. The van der Waals surface area contributed by atoms with Gasteiger partial charge >= 0.3 is 0 Å². The van der Waals surface area contributed by atoms with E-state index in [9.17, 15) is 4.79 Å². The molecule has 0 aliphatic carbocycles. The first-order valence-corrected chi connectivity index (χ1v) is 8.84. The zero-order valence-electron chi connectivity index (χ0n) is 14.0. The Morgan fingerprint density at radius 3 is 2.77 bits per heavy atom. The van der Waals surface area contributed by atoms with Gasteiger partial charge in [-0.1, -0.05) is 53.8 Å². The van der Waals surface area contributed by atoms with Crippen molar-refractivity contribution in [2.24, 2.45) is 0 Å². The SMILES string of the molecule is Cc1nnc2sc(-c3cccc(NC(=O)C=Cc4ccccc4)c3)nn12. The molecule has 0 aliphatic heterocycles. The van der Waals surface area contributed by atoms with Crippen molar-refractivity contribution in [2.45, 2.75) is 6.92 Å². The molecule has 2 aromatic carbocycles. The summed E-state index contributed by atoms with van der Waals surface area (Å²) in [7, 11) is 0. The number of aryl methyl sites for hydroxylation is 1. The maximum Gasteiger partial charge on any atom is 0.248 e. The number of fused-ring (bicyclic) bond motifs is 1. The Morgan fingerprint density at radius 2 is 1.96 bits per heavy atom. The van der Waals surface area contributed by atoms with E-state index < -0.39 is 0 Å². The van der Waals surface area contributed by atoms with Crippen molar-refractivity contribution >= 4 is 34.0 Å². The third-order valence-corrected chi connectivity index (χ3v) is 4.70. The van der Waals surface area contributed by atoms with Crippen molar-refractivity contribution in [3.63, 3.8) is 0 Å². The van der Waals surface area contributed by atoms with E-state index in [0.29, 0.717) is 5.69 Å². The van der Waals surface area contributed by atoms with Gasteiger partial charge in [-0.3, -0.25) is 4.79 Å². The maximum atomic E-state index is 12.1. The van der Waals surface area contributed by atoms with Gasteiger partial charge in [-0.05, 0) is 30.7 Å². The second kappa shape index (κ2) is 6.89. The number of hydrogen-bond acceptors (Lipinski definition) is 5. The van der Waals surface area contributed by atoms with Gasteiger partial charge in [-0.25, -0.2) is 0 Å². The van der Waals surface area contributed by atoms with E-state index in [0.717, 1.165) is 26.9 Å². The van der Waals surface area contributed by atoms with Gasteiger partial charge in [-0.15, -0.1) is 10.2 Å². The van der Waals surface area contributed by atoms with Gasteiger partial charge in [0.1, 0.15) is 5.01 Å². The first kappa shape index (κ1) is 16.2. The normalized spacial score (nSPS) is 11.3. The van der Waals surface area contributed by atoms with Crippen molar-refractivity contribution in [1.29, 1.82) is 0 Å². The van der Waals surface area contributed by atoms with Crippen molar-refractivity contribution < 1.29 is 4.79 Å². The summed E-state index contributed by atoms with van der Waals surface area (Å²) < 4.78 is 1.72. The van der Waals surface area contributed by atoms with Crippen LogP contribution in [0.4, 0.5) is 5.69 Å². The molecule has 0 saturated carbocycles. The van der Waals surface area contributed by atoms with Gasteiger partial charge in [0.05, 0.1) is 0 Å². The van der Waals surface area contributed by atoms with Crippen LogP contribution in [0.2, 0.25) is 0 Å². The van der Waals surface area contributed by atoms with Crippen LogP contribution in [0.1, 0.15) is 11.4 Å². The Balaban J connectivity index is 1.52. The predicted octanol–water partition coefficient (Wildman–Crippen LogP) is 3.81. The Labute approximate surface area is 153 Å². The molecule has 0 saturated heterocycles. The minimum atomic E-state index is -0.181. The molecule has 1 amide bonds. The highest BCUT2D eigenvalue weighted by atomic mass is 32.1. The number of rotatable bonds is 4. The minimum Gasteiger partial charge on any atom is -0.322 e. The van der Waals surface area contributed by atoms with Gasteiger partial charge in [-0.2, -0.15) is 9.61 Å². The van der Waals surface area contributed by atoms with Crippen LogP contribution in [0.15, 0.2) is 60.7 Å². The lowest BCUT2D eigenvalue weighted by Gasteiger charge is -2.04. The molecule has 6 nitrogen and oxygen atoms in total. The highest BCUT2D eigenvalue weighted by molar-refractivity contribution is 7.19. The van der Waals surface area contributed by atoms with Crippen LogP contribution >= 0.6 is 11.3 Å². The largest absolute Gasteiger partial charge is 0.322 e. The average Bonchev–Trinajstić information content (AvgIpc) is 3.23. The Kier molecular flexibility index (Phi) is 4.28. The summed E-state index contributed by atoms with van der Waals surface area (Å²) in [5, 5.41) is 16.3. The van der Waals surface area contributed by atoms with E-state index in [1.165, 1.54) is 17.4 Å². The summed E-state index contributed by atoms with van der Waals surface area (Å²) in [6.07, 6.45) is 3.30. The molecule has 1 N–H and O–H groups in total. The number of amides is 1. The topological polar surface area (TPSA) is 72.2 Å². The van der Waals surface area contributed by atoms with E-state index >= 15 is 0 Å². The fourth-order valence-electron chi connectivity index (χ4n) is 2.48. The standard InChI is InChI=1S/C19H15N5OS/c1-13-21-22-19-24(13)23-18(26-19)15-8-5-9-16(12-15)20-17(25)11-10-14-6-3-2-4-7-14/h2-12H,1H3,(H,20,25). The summed E-state index contributed by atoms with van der Waals surface area (Å²) >= 11 is 1.46. The highest BCUT2D eigenvalue weighted by Gasteiger charge is 2.11. The van der Waals surface area contributed by atoms with Crippen LogP contribution in [0.3, 0.4) is 0 Å². The molecule has 26 heavy (non-hydrogen) atoms. The third-order valence-electron chi connectivity index (χ3n) is 3.75. The van der Waals surface area contributed by atoms with Crippen LogP contribution in [0.5, 0.6) is 0 Å². The Morgan fingerprint density at radius 1 is 1.12 bits per heavy atom. The summed E-state index contributed by atoms with van der Waals surface area (Å²) in [6, 6.07) is 17.3. The summed E-state index contributed by atoms with van der Waals surface area (Å²) in [5.74, 6) is 0.568. The van der Waals surface area contributed by atoms with E-state index in [1.54, 1.807) is 10.6 Å². The van der Waals surface area contributed by atoms with Gasteiger partial charge in [0.25, 0.3) is 0 Å². The lowest BCUT2D eigenvalue weighted by molar-refractivity contribution is -0.111. The molecule has 0 fully saturated rings. The molecule has 4 aromatic rings. The van der Waals surface area contributed by atoms with Gasteiger partial charge in [0.2, 0.25) is 10.9 Å². The molecule has 0 atom stereocenters. The van der Waals surface area contributed by atoms with Crippen molar-refractivity contribution in [2.75, 3.05) is 5.32 Å². The molecule has 2 heterocycles. The van der Waals surface area contributed by atoms with Crippen molar-refractivity contribution in [3.8, 4) is 10.6 Å². The summed E-state index contributed by atoms with van der Waals surface area (Å²) in [5.41, 5.74) is 2.61. The Bertz CT molecular complexity index is 1100. The number of aromatic nitrogens is 4. The van der Waals surface area contributed by atoms with Crippen LogP contribution in [0, 0.1) is 6.92 Å². The van der Waals surface area contributed by atoms with E-state index in [-0.39, 0.29) is 5.91 Å². The fourth-order valence-corrected chi connectivity index (χ4v) is 3.36. The van der Waals surface area contributed by atoms with E-state index in [2.05, 4.69) is 20.6 Å². The molecule has 0 bridgehead atoms. The van der Waals surface area contributed by atoms with E-state index in [4.69, 9.17) is 0 Å². The quantitative estimate of drug-likeness (QED) is 0.561. The third kappa shape index (κ3) is 3.38. The number of nitrogens with zero attached hydrogens (tertiary/aromatic N) is 4. The molecule has 4 rings (SSSR count). The highest BCUT2D eigenvalue weighted by Crippen LogP contribution is 2.27. The zero-order chi connectivity index (χ0) is 17.9. The summed E-state index contributed by atoms with van der Waals surface area (Å²) in [6.45, 7) is 1.86. The molecule has 0 spiro atoms. The lowest BCUT2D eigenvalue weighted by Crippen LogP contribution is -2.07. The molecular weight excluding hydrogens is 346 g/mol. The van der Waals surface area contributed by atoms with Crippen molar-refractivity contribution in [3.05, 3.63) is 72.1 Å². The molecular formula is C19H15N5OS. The second-order valence-corrected chi connectivity index (χ2v) is 6.62. The van der Waals surface area contributed by atoms with Gasteiger partial charge < -0.3 is 5.32 Å². The van der Waals surface area contributed by atoms with E-state index in [1.807, 2.05) is 61.5 Å². The van der Waals surface area contributed by atoms with Crippen LogP contribution < -0.4 is 5.32 Å². The molecule has 128 valence electrons. The number of benzene rings is 2. The average molecular weight is 361 g/mol. The predicted molar refractivity (Wildman–Crippen MR) is 103 cm³/mol. The monoisotopic (exact) mass is 361 g/mol. The smallest absolute Gasteiger partial charge is 0.248 e. The van der Waals surface area contributed by atoms with Crippen LogP contribution in [0.25, 0.3) is 21.6 Å². The van der Waals surface area contributed by atoms with Gasteiger partial charge in [0.15, 0.2) is 5.82 Å². The molecule has 0 radical (unpaired) electrons.